The van der Waals surface area contributed by atoms with Gasteiger partial charge >= 0.3 is 0 Å². The number of para-hydroxylation sites is 1. The van der Waals surface area contributed by atoms with Crippen LogP contribution in [0.25, 0.3) is 17.1 Å². The lowest BCUT2D eigenvalue weighted by Gasteiger charge is -2.14. The van der Waals surface area contributed by atoms with Crippen molar-refractivity contribution in [2.75, 3.05) is 11.1 Å². The van der Waals surface area contributed by atoms with Gasteiger partial charge in [-0.2, -0.15) is 0 Å². The van der Waals surface area contributed by atoms with E-state index in [-0.39, 0.29) is 11.7 Å². The molecule has 0 unspecified atom stereocenters. The Morgan fingerprint density at radius 2 is 1.64 bits per heavy atom. The fraction of sp³-hybridized carbons (Fsp3) is 0.200. The Bertz CT molecular complexity index is 1220. The quantitative estimate of drug-likeness (QED) is 0.323. The maximum absolute atomic E-state index is 12.9. The molecule has 0 radical (unpaired) electrons. The van der Waals surface area contributed by atoms with Crippen LogP contribution in [0.1, 0.15) is 25.0 Å². The molecule has 0 saturated heterocycles. The number of hydrogen-bond acceptors (Lipinski definition) is 5. The minimum atomic E-state index is -0.0771. The van der Waals surface area contributed by atoms with Crippen molar-refractivity contribution >= 4 is 35.0 Å². The Morgan fingerprint density at radius 1 is 0.970 bits per heavy atom. The van der Waals surface area contributed by atoms with Gasteiger partial charge in [0, 0.05) is 34.4 Å². The van der Waals surface area contributed by atoms with Crippen LogP contribution >= 0.6 is 23.4 Å². The molecule has 2 aromatic carbocycles. The summed E-state index contributed by atoms with van der Waals surface area (Å²) in [4.78, 5) is 17.0. The van der Waals surface area contributed by atoms with Crippen LogP contribution in [0.2, 0.25) is 5.02 Å². The normalized spacial score (nSPS) is 10.9. The predicted molar refractivity (Wildman–Crippen MR) is 134 cm³/mol. The number of rotatable bonds is 8. The number of carbonyl (C=O) groups excluding carboxylic acids is 1. The Labute approximate surface area is 202 Å². The highest BCUT2D eigenvalue weighted by Gasteiger charge is 2.18. The summed E-state index contributed by atoms with van der Waals surface area (Å²) in [6.07, 6.45) is 5.15. The zero-order valence-electron chi connectivity index (χ0n) is 18.5. The number of pyridine rings is 1. The highest BCUT2D eigenvalue weighted by Crippen LogP contribution is 2.29. The average Bonchev–Trinajstić information content (AvgIpc) is 3.28. The summed E-state index contributed by atoms with van der Waals surface area (Å²) in [6.45, 7) is 4.18. The number of nitrogens with zero attached hydrogens (tertiary/aromatic N) is 4. The standard InChI is InChI=1S/C25H24ClN5OS/c1-3-17-6-5-7-18(4-2)23(17)28-22(32)16-33-25-30-29-24(19-12-14-27-15-13-19)31(25)21-10-8-20(26)9-11-21/h5-15H,3-4,16H2,1-2H3,(H,28,32). The molecule has 2 heterocycles. The SMILES string of the molecule is CCc1cccc(CC)c1NC(=O)CSc1nnc(-c2ccncc2)n1-c1ccc(Cl)cc1. The first-order valence-electron chi connectivity index (χ1n) is 10.8. The summed E-state index contributed by atoms with van der Waals surface area (Å²) >= 11 is 7.44. The molecule has 0 spiro atoms. The lowest BCUT2D eigenvalue weighted by Crippen LogP contribution is -2.17. The van der Waals surface area contributed by atoms with Crippen molar-refractivity contribution in [1.29, 1.82) is 0 Å². The van der Waals surface area contributed by atoms with E-state index < -0.39 is 0 Å². The van der Waals surface area contributed by atoms with Crippen molar-refractivity contribution in [3.63, 3.8) is 0 Å². The van der Waals surface area contributed by atoms with Gasteiger partial charge in [-0.15, -0.1) is 10.2 Å². The first-order chi connectivity index (χ1) is 16.1. The molecular weight excluding hydrogens is 454 g/mol. The van der Waals surface area contributed by atoms with E-state index in [1.807, 2.05) is 47.0 Å². The smallest absolute Gasteiger partial charge is 0.234 e. The highest BCUT2D eigenvalue weighted by molar-refractivity contribution is 7.99. The molecule has 1 amide bonds. The van der Waals surface area contributed by atoms with Crippen molar-refractivity contribution in [2.45, 2.75) is 31.8 Å². The molecule has 0 saturated carbocycles. The average molecular weight is 478 g/mol. The monoisotopic (exact) mass is 477 g/mol. The van der Waals surface area contributed by atoms with Gasteiger partial charge in [0.15, 0.2) is 11.0 Å². The summed E-state index contributed by atoms with van der Waals surface area (Å²) < 4.78 is 1.93. The molecule has 0 atom stereocenters. The summed E-state index contributed by atoms with van der Waals surface area (Å²) in [7, 11) is 0. The number of amides is 1. The number of thioether (sulfide) groups is 1. The molecule has 33 heavy (non-hydrogen) atoms. The Balaban J connectivity index is 1.60. The minimum absolute atomic E-state index is 0.0771. The maximum Gasteiger partial charge on any atom is 0.234 e. The second kappa shape index (κ2) is 10.6. The lowest BCUT2D eigenvalue weighted by atomic mass is 10.0. The van der Waals surface area contributed by atoms with Gasteiger partial charge in [-0.1, -0.05) is 55.4 Å². The molecular formula is C25H24ClN5OS. The van der Waals surface area contributed by atoms with Crippen molar-refractivity contribution < 1.29 is 4.79 Å². The largest absolute Gasteiger partial charge is 0.325 e. The summed E-state index contributed by atoms with van der Waals surface area (Å²) in [5.41, 5.74) is 4.94. The van der Waals surface area contributed by atoms with Crippen LogP contribution in [0.5, 0.6) is 0 Å². The summed E-state index contributed by atoms with van der Waals surface area (Å²) in [6, 6.07) is 17.4. The molecule has 0 bridgehead atoms. The number of anilines is 1. The number of hydrogen-bond donors (Lipinski definition) is 1. The molecule has 8 heteroatoms. The predicted octanol–water partition coefficient (Wildman–Crippen LogP) is 5.84. The van der Waals surface area contributed by atoms with Gasteiger partial charge in [-0.05, 0) is 60.4 Å². The highest BCUT2D eigenvalue weighted by atomic mass is 35.5. The van der Waals surface area contributed by atoms with Gasteiger partial charge in [0.2, 0.25) is 5.91 Å². The molecule has 4 rings (SSSR count). The van der Waals surface area contributed by atoms with E-state index in [0.717, 1.165) is 40.9 Å². The van der Waals surface area contributed by atoms with E-state index in [1.54, 1.807) is 12.4 Å². The molecule has 0 fully saturated rings. The third-order valence-electron chi connectivity index (χ3n) is 5.25. The number of benzene rings is 2. The summed E-state index contributed by atoms with van der Waals surface area (Å²) in [5.74, 6) is 0.808. The molecule has 168 valence electrons. The van der Waals surface area contributed by atoms with Gasteiger partial charge in [0.25, 0.3) is 0 Å². The van der Waals surface area contributed by atoms with Gasteiger partial charge in [0.05, 0.1) is 5.75 Å². The zero-order chi connectivity index (χ0) is 23.2. The Hall–Kier alpha value is -3.16. The number of nitrogens with one attached hydrogen (secondary N) is 1. The van der Waals surface area contributed by atoms with E-state index in [2.05, 4.69) is 46.5 Å². The number of carbonyl (C=O) groups is 1. The van der Waals surface area contributed by atoms with E-state index in [0.29, 0.717) is 16.0 Å². The van der Waals surface area contributed by atoms with Crippen molar-refractivity contribution in [3.05, 3.63) is 83.1 Å². The van der Waals surface area contributed by atoms with Crippen LogP contribution in [0.15, 0.2) is 72.1 Å². The molecule has 1 N–H and O–H groups in total. The van der Waals surface area contributed by atoms with Gasteiger partial charge < -0.3 is 5.32 Å². The van der Waals surface area contributed by atoms with Crippen LogP contribution in [0, 0.1) is 0 Å². The first-order valence-corrected chi connectivity index (χ1v) is 12.1. The molecule has 0 aliphatic heterocycles. The van der Waals surface area contributed by atoms with Crippen molar-refractivity contribution in [2.24, 2.45) is 0 Å². The second-order valence-electron chi connectivity index (χ2n) is 7.35. The van der Waals surface area contributed by atoms with E-state index >= 15 is 0 Å². The van der Waals surface area contributed by atoms with Crippen molar-refractivity contribution in [3.8, 4) is 17.1 Å². The van der Waals surface area contributed by atoms with Gasteiger partial charge in [0.1, 0.15) is 0 Å². The Morgan fingerprint density at radius 3 is 2.27 bits per heavy atom. The maximum atomic E-state index is 12.9. The lowest BCUT2D eigenvalue weighted by molar-refractivity contribution is -0.113. The molecule has 0 aliphatic rings. The van der Waals surface area contributed by atoms with Gasteiger partial charge in [-0.25, -0.2) is 0 Å². The zero-order valence-corrected chi connectivity index (χ0v) is 20.0. The number of aryl methyl sites for hydroxylation is 2. The summed E-state index contributed by atoms with van der Waals surface area (Å²) in [5, 5.41) is 13.2. The Kier molecular flexibility index (Phi) is 7.42. The van der Waals surface area contributed by atoms with E-state index in [1.165, 1.54) is 11.8 Å². The molecule has 2 aromatic heterocycles. The molecule has 6 nitrogen and oxygen atoms in total. The topological polar surface area (TPSA) is 72.7 Å². The van der Waals surface area contributed by atoms with Crippen LogP contribution in [0.3, 0.4) is 0 Å². The van der Waals surface area contributed by atoms with Crippen LogP contribution < -0.4 is 5.32 Å². The van der Waals surface area contributed by atoms with Crippen LogP contribution in [0.4, 0.5) is 5.69 Å². The fourth-order valence-corrected chi connectivity index (χ4v) is 4.46. The fourth-order valence-electron chi connectivity index (χ4n) is 3.58. The molecule has 0 aliphatic carbocycles. The minimum Gasteiger partial charge on any atom is -0.325 e. The number of halogens is 1. The second-order valence-corrected chi connectivity index (χ2v) is 8.73. The van der Waals surface area contributed by atoms with E-state index in [9.17, 15) is 4.79 Å². The number of aromatic nitrogens is 4. The van der Waals surface area contributed by atoms with Gasteiger partial charge in [-0.3, -0.25) is 14.3 Å². The van der Waals surface area contributed by atoms with Crippen LogP contribution in [-0.4, -0.2) is 31.4 Å². The molecule has 4 aromatic rings. The van der Waals surface area contributed by atoms with Crippen LogP contribution in [-0.2, 0) is 17.6 Å². The third kappa shape index (κ3) is 5.26. The third-order valence-corrected chi connectivity index (χ3v) is 6.43. The van der Waals surface area contributed by atoms with E-state index in [4.69, 9.17) is 11.6 Å². The van der Waals surface area contributed by atoms with Crippen molar-refractivity contribution in [1.82, 2.24) is 19.7 Å². The first kappa shape index (κ1) is 23.0.